The van der Waals surface area contributed by atoms with E-state index in [0.29, 0.717) is 28.9 Å². The normalized spacial score (nSPS) is 13.2. The van der Waals surface area contributed by atoms with Crippen molar-refractivity contribution in [1.29, 1.82) is 0 Å². The molecule has 0 unspecified atom stereocenters. The number of nitrogen functional groups attached to an aromatic ring is 1. The van der Waals surface area contributed by atoms with Crippen LogP contribution >= 0.6 is 0 Å². The van der Waals surface area contributed by atoms with Crippen LogP contribution in [0.1, 0.15) is 30.1 Å². The molecule has 2 aromatic heterocycles. The molecule has 0 saturated heterocycles. The summed E-state index contributed by atoms with van der Waals surface area (Å²) in [4.78, 5) is 15.6. The van der Waals surface area contributed by atoms with Crippen molar-refractivity contribution in [3.63, 3.8) is 0 Å². The number of fused-ring (bicyclic) bond motifs is 2. The van der Waals surface area contributed by atoms with Crippen LogP contribution in [0.5, 0.6) is 11.5 Å². The maximum Gasteiger partial charge on any atom is 0.307 e. The summed E-state index contributed by atoms with van der Waals surface area (Å²) in [5, 5.41) is 17.2. The minimum absolute atomic E-state index is 0.138. The molecule has 0 atom stereocenters. The molecule has 0 spiro atoms. The van der Waals surface area contributed by atoms with Crippen LogP contribution in [0.15, 0.2) is 66.9 Å². The number of carboxylic acid groups (broad SMARTS) is 1. The molecule has 186 valence electrons. The zero-order valence-electron chi connectivity index (χ0n) is 20.3. The summed E-state index contributed by atoms with van der Waals surface area (Å²) in [6.45, 7) is 0.202. The second-order valence-corrected chi connectivity index (χ2v) is 9.32. The molecular formula is C29H26N4O4. The Kier molecular flexibility index (Phi) is 5.64. The van der Waals surface area contributed by atoms with E-state index in [9.17, 15) is 9.90 Å². The van der Waals surface area contributed by atoms with Crippen molar-refractivity contribution in [3.8, 4) is 22.6 Å². The Morgan fingerprint density at radius 1 is 1.05 bits per heavy atom. The topological polar surface area (TPSA) is 112 Å². The first-order valence-electron chi connectivity index (χ1n) is 12.2. The molecule has 0 aliphatic heterocycles. The molecule has 1 aliphatic carbocycles. The minimum Gasteiger partial charge on any atom is -0.497 e. The van der Waals surface area contributed by atoms with Gasteiger partial charge >= 0.3 is 5.97 Å². The lowest BCUT2D eigenvalue weighted by atomic mass is 10.00. The molecule has 1 fully saturated rings. The lowest BCUT2D eigenvalue weighted by Crippen LogP contribution is -2.05. The molecule has 8 nitrogen and oxygen atoms in total. The van der Waals surface area contributed by atoms with Gasteiger partial charge in [-0.1, -0.05) is 24.3 Å². The summed E-state index contributed by atoms with van der Waals surface area (Å²) in [5.41, 5.74) is 10.7. The van der Waals surface area contributed by atoms with Crippen LogP contribution in [0, 0.1) is 0 Å². The van der Waals surface area contributed by atoms with Crippen molar-refractivity contribution >= 4 is 33.5 Å². The highest BCUT2D eigenvalue weighted by Crippen LogP contribution is 2.39. The SMILES string of the molecule is COc1ccc(CC(=O)O)c(OCc2nn(C3CC3)c3ccc(-c4ccc5ccnc(N)c5c4)cc23)c1. The molecule has 0 amide bonds. The Balaban J connectivity index is 1.39. The van der Waals surface area contributed by atoms with E-state index in [1.807, 2.05) is 6.07 Å². The number of anilines is 1. The standard InChI is InChI=1S/C29H26N4O4/c1-36-22-8-4-20(14-28(34)35)27(15-22)37-16-25-24-13-19(5-9-26(24)33(32-25)21-6-7-21)18-3-2-17-10-11-31-29(30)23(17)12-18/h2-5,8-13,15,21H,6-7,14,16H2,1H3,(H2,30,31)(H,34,35). The molecule has 37 heavy (non-hydrogen) atoms. The lowest BCUT2D eigenvalue weighted by molar-refractivity contribution is -0.136. The number of nitrogens with zero attached hydrogens (tertiary/aromatic N) is 3. The third-order valence-corrected chi connectivity index (χ3v) is 6.79. The van der Waals surface area contributed by atoms with Gasteiger partial charge in [0.05, 0.1) is 25.1 Å². The van der Waals surface area contributed by atoms with Gasteiger partial charge in [0.1, 0.15) is 29.6 Å². The number of methoxy groups -OCH3 is 1. The van der Waals surface area contributed by atoms with E-state index in [2.05, 4.69) is 46.1 Å². The molecular weight excluding hydrogens is 468 g/mol. The van der Waals surface area contributed by atoms with Gasteiger partial charge in [-0.05, 0) is 59.7 Å². The number of benzene rings is 3. The first-order valence-corrected chi connectivity index (χ1v) is 12.2. The number of hydrogen-bond donors (Lipinski definition) is 2. The number of aliphatic carboxylic acids is 1. The van der Waals surface area contributed by atoms with Crippen LogP contribution in [-0.2, 0) is 17.8 Å². The number of nitrogens with two attached hydrogens (primary N) is 1. The summed E-state index contributed by atoms with van der Waals surface area (Å²) in [6.07, 6.45) is 3.79. The fourth-order valence-electron chi connectivity index (χ4n) is 4.71. The highest BCUT2D eigenvalue weighted by molar-refractivity contribution is 5.95. The molecule has 1 aliphatic rings. The second kappa shape index (κ2) is 9.13. The predicted molar refractivity (Wildman–Crippen MR) is 142 cm³/mol. The Morgan fingerprint density at radius 3 is 2.59 bits per heavy atom. The van der Waals surface area contributed by atoms with Gasteiger partial charge in [-0.3, -0.25) is 9.48 Å². The van der Waals surface area contributed by atoms with Crippen LogP contribution in [0.25, 0.3) is 32.8 Å². The van der Waals surface area contributed by atoms with Gasteiger partial charge < -0.3 is 20.3 Å². The Bertz CT molecular complexity index is 1660. The van der Waals surface area contributed by atoms with Gasteiger partial charge in [0.2, 0.25) is 0 Å². The lowest BCUT2D eigenvalue weighted by Gasteiger charge is -2.11. The van der Waals surface area contributed by atoms with Gasteiger partial charge in [-0.25, -0.2) is 4.98 Å². The van der Waals surface area contributed by atoms with Crippen molar-refractivity contribution in [2.24, 2.45) is 0 Å². The molecule has 0 bridgehead atoms. The first kappa shape index (κ1) is 22.8. The maximum absolute atomic E-state index is 11.4. The summed E-state index contributed by atoms with van der Waals surface area (Å²) in [5.74, 6) is 0.662. The van der Waals surface area contributed by atoms with E-state index < -0.39 is 5.97 Å². The highest BCUT2D eigenvalue weighted by Gasteiger charge is 2.27. The minimum atomic E-state index is -0.922. The van der Waals surface area contributed by atoms with Crippen molar-refractivity contribution in [1.82, 2.24) is 14.8 Å². The van der Waals surface area contributed by atoms with Crippen LogP contribution < -0.4 is 15.2 Å². The second-order valence-electron chi connectivity index (χ2n) is 9.32. The zero-order valence-corrected chi connectivity index (χ0v) is 20.3. The number of carbonyl (C=O) groups is 1. The van der Waals surface area contributed by atoms with E-state index in [1.54, 1.807) is 31.5 Å². The number of rotatable bonds is 8. The summed E-state index contributed by atoms with van der Waals surface area (Å²) in [7, 11) is 1.57. The van der Waals surface area contributed by atoms with E-state index in [1.165, 1.54) is 0 Å². The quantitative estimate of drug-likeness (QED) is 0.298. The van der Waals surface area contributed by atoms with Crippen molar-refractivity contribution in [3.05, 3.63) is 78.1 Å². The predicted octanol–water partition coefficient (Wildman–Crippen LogP) is 5.38. The molecule has 0 radical (unpaired) electrons. The Morgan fingerprint density at radius 2 is 1.84 bits per heavy atom. The summed E-state index contributed by atoms with van der Waals surface area (Å²) >= 11 is 0. The number of aromatic nitrogens is 3. The number of carboxylic acids is 1. The molecule has 2 heterocycles. The zero-order chi connectivity index (χ0) is 25.5. The first-order chi connectivity index (χ1) is 18.0. The van der Waals surface area contributed by atoms with Gasteiger partial charge in [-0.2, -0.15) is 5.10 Å². The number of ether oxygens (including phenoxy) is 2. The molecule has 3 N–H and O–H groups in total. The van der Waals surface area contributed by atoms with Crippen LogP contribution in [0.2, 0.25) is 0 Å². The number of pyridine rings is 1. The number of hydrogen-bond acceptors (Lipinski definition) is 6. The molecule has 5 aromatic rings. The Labute approximate surface area is 213 Å². The van der Waals surface area contributed by atoms with E-state index in [-0.39, 0.29) is 13.0 Å². The van der Waals surface area contributed by atoms with Crippen molar-refractivity contribution < 1.29 is 19.4 Å². The Hall–Kier alpha value is -4.59. The van der Waals surface area contributed by atoms with Gasteiger partial charge in [0.25, 0.3) is 0 Å². The molecule has 8 heteroatoms. The largest absolute Gasteiger partial charge is 0.497 e. The van der Waals surface area contributed by atoms with Crippen LogP contribution in [0.4, 0.5) is 5.82 Å². The van der Waals surface area contributed by atoms with Crippen LogP contribution in [0.3, 0.4) is 0 Å². The molecule has 1 saturated carbocycles. The molecule has 6 rings (SSSR count). The van der Waals surface area contributed by atoms with Crippen LogP contribution in [-0.4, -0.2) is 33.0 Å². The van der Waals surface area contributed by atoms with Gasteiger partial charge in [0.15, 0.2) is 0 Å². The summed E-state index contributed by atoms with van der Waals surface area (Å²) in [6, 6.07) is 20.1. The maximum atomic E-state index is 11.4. The fraction of sp³-hybridized carbons (Fsp3) is 0.207. The average Bonchev–Trinajstić information content (AvgIpc) is 3.69. The van der Waals surface area contributed by atoms with Crippen molar-refractivity contribution in [2.75, 3.05) is 12.8 Å². The smallest absolute Gasteiger partial charge is 0.307 e. The summed E-state index contributed by atoms with van der Waals surface area (Å²) < 4.78 is 13.6. The average molecular weight is 495 g/mol. The third-order valence-electron chi connectivity index (χ3n) is 6.79. The fourth-order valence-corrected chi connectivity index (χ4v) is 4.71. The third kappa shape index (κ3) is 4.42. The highest BCUT2D eigenvalue weighted by atomic mass is 16.5. The van der Waals surface area contributed by atoms with E-state index in [0.717, 1.165) is 51.3 Å². The monoisotopic (exact) mass is 494 g/mol. The molecule has 3 aromatic carbocycles. The van der Waals surface area contributed by atoms with Gasteiger partial charge in [0, 0.05) is 28.6 Å². The van der Waals surface area contributed by atoms with Crippen molar-refractivity contribution in [2.45, 2.75) is 31.9 Å². The van der Waals surface area contributed by atoms with Gasteiger partial charge in [-0.15, -0.1) is 0 Å². The van der Waals surface area contributed by atoms with E-state index >= 15 is 0 Å². The van der Waals surface area contributed by atoms with E-state index in [4.69, 9.17) is 20.3 Å².